The van der Waals surface area contributed by atoms with Gasteiger partial charge in [-0.3, -0.25) is 0 Å². The summed E-state index contributed by atoms with van der Waals surface area (Å²) in [5, 5.41) is 0. The van der Waals surface area contributed by atoms with E-state index in [1.54, 1.807) is 0 Å². The lowest BCUT2D eigenvalue weighted by atomic mass is 10.2. The molecule has 0 rings (SSSR count). The van der Waals surface area contributed by atoms with Crippen LogP contribution in [0.1, 0.15) is 26.2 Å². The minimum Gasteiger partial charge on any atom is -0.248 e. The van der Waals surface area contributed by atoms with Gasteiger partial charge < -0.3 is 0 Å². The molecule has 0 spiro atoms. The lowest BCUT2D eigenvalue weighted by molar-refractivity contribution is 0.307. The van der Waals surface area contributed by atoms with E-state index in [2.05, 4.69) is 6.92 Å². The van der Waals surface area contributed by atoms with E-state index in [4.69, 9.17) is 0 Å². The van der Waals surface area contributed by atoms with E-state index < -0.39 is 6.17 Å². The van der Waals surface area contributed by atoms with Gasteiger partial charge >= 0.3 is 0 Å². The zero-order valence-electron chi connectivity index (χ0n) is 4.78. The van der Waals surface area contributed by atoms with Crippen LogP contribution < -0.4 is 0 Å². The Morgan fingerprint density at radius 2 is 2.29 bits per heavy atom. The van der Waals surface area contributed by atoms with Crippen molar-refractivity contribution in [1.29, 1.82) is 0 Å². The zero-order valence-corrected chi connectivity index (χ0v) is 4.78. The standard InChI is InChI=1S/C6H12F/c1-3-5-6(7)4-2/h6H,1,3-5H2,2H3/t6-/m0/s1. The van der Waals surface area contributed by atoms with E-state index >= 15 is 0 Å². The Kier molecular flexibility index (Phi) is 4.06. The van der Waals surface area contributed by atoms with Gasteiger partial charge in [0.2, 0.25) is 0 Å². The molecule has 0 aliphatic rings. The second-order valence-electron chi connectivity index (χ2n) is 1.65. The molecule has 0 N–H and O–H groups in total. The highest BCUT2D eigenvalue weighted by Crippen LogP contribution is 2.03. The zero-order chi connectivity index (χ0) is 5.70. The van der Waals surface area contributed by atoms with Gasteiger partial charge in [0, 0.05) is 0 Å². The van der Waals surface area contributed by atoms with E-state index in [0.29, 0.717) is 12.8 Å². The predicted molar refractivity (Wildman–Crippen MR) is 29.8 cm³/mol. The fourth-order valence-corrected chi connectivity index (χ4v) is 0.426. The molecule has 0 saturated carbocycles. The van der Waals surface area contributed by atoms with Crippen LogP contribution in [0, 0.1) is 6.92 Å². The van der Waals surface area contributed by atoms with Crippen LogP contribution in [-0.2, 0) is 0 Å². The molecule has 0 aromatic rings. The van der Waals surface area contributed by atoms with Crippen LogP contribution in [0.2, 0.25) is 0 Å². The van der Waals surface area contributed by atoms with E-state index in [0.717, 1.165) is 6.42 Å². The summed E-state index contributed by atoms with van der Waals surface area (Å²) in [5.74, 6) is 0. The topological polar surface area (TPSA) is 0 Å². The van der Waals surface area contributed by atoms with Crippen LogP contribution in [0.3, 0.4) is 0 Å². The van der Waals surface area contributed by atoms with Crippen LogP contribution in [0.4, 0.5) is 4.39 Å². The Morgan fingerprint density at radius 1 is 1.71 bits per heavy atom. The molecule has 0 amide bonds. The first kappa shape index (κ1) is 6.93. The van der Waals surface area contributed by atoms with Crippen LogP contribution in [0.25, 0.3) is 0 Å². The number of halogens is 1. The SMILES string of the molecule is [CH2]CC[C@@H](F)CC. The van der Waals surface area contributed by atoms with Crippen LogP contribution in [0.15, 0.2) is 0 Å². The van der Waals surface area contributed by atoms with Crippen molar-refractivity contribution in [3.05, 3.63) is 6.92 Å². The Morgan fingerprint density at radius 3 is 2.43 bits per heavy atom. The number of hydrogen-bond acceptors (Lipinski definition) is 0. The third-order valence-electron chi connectivity index (χ3n) is 0.960. The number of hydrogen-bond donors (Lipinski definition) is 0. The molecule has 1 radical (unpaired) electrons. The third kappa shape index (κ3) is 3.77. The average Bonchev–Trinajstić information content (AvgIpc) is 1.68. The molecule has 0 heterocycles. The summed E-state index contributed by atoms with van der Waals surface area (Å²) in [6.07, 6.45) is 1.36. The Labute approximate surface area is 44.7 Å². The van der Waals surface area contributed by atoms with Gasteiger partial charge in [-0.1, -0.05) is 20.3 Å². The second-order valence-corrected chi connectivity index (χ2v) is 1.65. The average molecular weight is 103 g/mol. The minimum absolute atomic E-state index is 0.613. The van der Waals surface area contributed by atoms with E-state index in [1.165, 1.54) is 0 Å². The molecule has 1 atom stereocenters. The van der Waals surface area contributed by atoms with E-state index in [-0.39, 0.29) is 0 Å². The number of rotatable bonds is 3. The molecule has 0 aromatic heterocycles. The van der Waals surface area contributed by atoms with Gasteiger partial charge in [0.25, 0.3) is 0 Å². The van der Waals surface area contributed by atoms with Gasteiger partial charge in [-0.25, -0.2) is 4.39 Å². The fraction of sp³-hybridized carbons (Fsp3) is 0.833. The van der Waals surface area contributed by atoms with Crippen molar-refractivity contribution in [2.45, 2.75) is 32.4 Å². The highest BCUT2D eigenvalue weighted by molar-refractivity contribution is 4.52. The van der Waals surface area contributed by atoms with Gasteiger partial charge in [0.1, 0.15) is 0 Å². The van der Waals surface area contributed by atoms with Crippen LogP contribution >= 0.6 is 0 Å². The molecule has 0 aliphatic heterocycles. The largest absolute Gasteiger partial charge is 0.248 e. The quantitative estimate of drug-likeness (QED) is 0.514. The number of alkyl halides is 1. The minimum atomic E-state index is -0.613. The normalized spacial score (nSPS) is 14.1. The van der Waals surface area contributed by atoms with Gasteiger partial charge in [0.15, 0.2) is 0 Å². The maximum atomic E-state index is 12.1. The summed E-state index contributed by atoms with van der Waals surface area (Å²) in [5.41, 5.74) is 0. The molecule has 7 heavy (non-hydrogen) atoms. The molecule has 0 fully saturated rings. The summed E-state index contributed by atoms with van der Waals surface area (Å²) in [6.45, 7) is 5.38. The monoisotopic (exact) mass is 103 g/mol. The first-order valence-electron chi connectivity index (χ1n) is 2.74. The van der Waals surface area contributed by atoms with Gasteiger partial charge in [-0.15, -0.1) is 0 Å². The summed E-state index contributed by atoms with van der Waals surface area (Å²) in [7, 11) is 0. The third-order valence-corrected chi connectivity index (χ3v) is 0.960. The van der Waals surface area contributed by atoms with Crippen LogP contribution in [-0.4, -0.2) is 6.17 Å². The van der Waals surface area contributed by atoms with Crippen LogP contribution in [0.5, 0.6) is 0 Å². The molecule has 0 aromatic carbocycles. The van der Waals surface area contributed by atoms with Crippen molar-refractivity contribution in [2.24, 2.45) is 0 Å². The fourth-order valence-electron chi connectivity index (χ4n) is 0.426. The van der Waals surface area contributed by atoms with Gasteiger partial charge in [-0.2, -0.15) is 0 Å². The molecule has 43 valence electrons. The first-order chi connectivity index (χ1) is 3.31. The molecular weight excluding hydrogens is 91.1 g/mol. The highest BCUT2D eigenvalue weighted by atomic mass is 19.1. The van der Waals surface area contributed by atoms with Gasteiger partial charge in [-0.05, 0) is 12.8 Å². The van der Waals surface area contributed by atoms with Crippen molar-refractivity contribution in [2.75, 3.05) is 0 Å². The van der Waals surface area contributed by atoms with Crippen molar-refractivity contribution in [1.82, 2.24) is 0 Å². The summed E-state index contributed by atoms with van der Waals surface area (Å²) in [4.78, 5) is 0. The Bertz CT molecular complexity index is 35.2. The Balaban J connectivity index is 2.83. The summed E-state index contributed by atoms with van der Waals surface area (Å²) < 4.78 is 12.1. The van der Waals surface area contributed by atoms with Crippen molar-refractivity contribution < 1.29 is 4.39 Å². The van der Waals surface area contributed by atoms with E-state index in [1.807, 2.05) is 6.92 Å². The molecule has 0 aliphatic carbocycles. The van der Waals surface area contributed by atoms with Crippen molar-refractivity contribution >= 4 is 0 Å². The molecule has 0 nitrogen and oxygen atoms in total. The predicted octanol–water partition coefficient (Wildman–Crippen LogP) is 2.35. The molecule has 0 unspecified atom stereocenters. The summed E-state index contributed by atoms with van der Waals surface area (Å²) in [6, 6.07) is 0. The lowest BCUT2D eigenvalue weighted by Crippen LogP contribution is -1.94. The first-order valence-corrected chi connectivity index (χ1v) is 2.74. The maximum Gasteiger partial charge on any atom is 0.0999 e. The second kappa shape index (κ2) is 4.10. The van der Waals surface area contributed by atoms with E-state index in [9.17, 15) is 4.39 Å². The maximum absolute atomic E-state index is 12.1. The van der Waals surface area contributed by atoms with Gasteiger partial charge in [0.05, 0.1) is 6.17 Å². The Hall–Kier alpha value is -0.0700. The summed E-state index contributed by atoms with van der Waals surface area (Å²) >= 11 is 0. The molecule has 0 saturated heterocycles. The molecule has 1 heteroatoms. The highest BCUT2D eigenvalue weighted by Gasteiger charge is 1.97. The lowest BCUT2D eigenvalue weighted by Gasteiger charge is -1.98. The molecular formula is C6H12F. The smallest absolute Gasteiger partial charge is 0.0999 e. The molecule has 0 bridgehead atoms. The van der Waals surface area contributed by atoms with Crippen molar-refractivity contribution in [3.8, 4) is 0 Å². The van der Waals surface area contributed by atoms with Crippen molar-refractivity contribution in [3.63, 3.8) is 0 Å².